The molecule has 2 aromatic rings. The first-order valence-electron chi connectivity index (χ1n) is 9.89. The maximum atomic E-state index is 13.3. The maximum Gasteiger partial charge on any atom is 0.123 e. The third-order valence-electron chi connectivity index (χ3n) is 4.15. The quantitative estimate of drug-likeness (QED) is 0.561. The zero-order chi connectivity index (χ0) is 21.7. The van der Waals surface area contributed by atoms with Crippen molar-refractivity contribution in [2.75, 3.05) is 20.6 Å². The molecule has 0 amide bonds. The summed E-state index contributed by atoms with van der Waals surface area (Å²) in [5, 5.41) is 21.2. The van der Waals surface area contributed by atoms with Gasteiger partial charge in [0.2, 0.25) is 0 Å². The first-order chi connectivity index (χ1) is 13.4. The molecule has 1 atom stereocenters. The van der Waals surface area contributed by atoms with E-state index in [0.717, 1.165) is 17.4 Å². The molecule has 3 nitrogen and oxygen atoms in total. The topological polar surface area (TPSA) is 43.7 Å². The second-order valence-corrected chi connectivity index (χ2v) is 7.15. The Balaban J connectivity index is 0.00000171. The Morgan fingerprint density at radius 2 is 1.57 bits per heavy atom. The molecule has 0 fully saturated rings. The van der Waals surface area contributed by atoms with Crippen molar-refractivity contribution >= 4 is 15.9 Å². The van der Waals surface area contributed by atoms with Gasteiger partial charge in [0.05, 0.1) is 6.61 Å². The Morgan fingerprint density at radius 1 is 1.00 bits per heavy atom. The summed E-state index contributed by atoms with van der Waals surface area (Å²) < 4.78 is 14.1. The number of aliphatic hydroxyl groups is 2. The van der Waals surface area contributed by atoms with Crippen LogP contribution < -0.4 is 0 Å². The minimum Gasteiger partial charge on any atom is -0.392 e. The minimum absolute atomic E-state index is 0.175. The van der Waals surface area contributed by atoms with Crippen molar-refractivity contribution < 1.29 is 14.6 Å². The van der Waals surface area contributed by atoms with Crippen LogP contribution in [0.2, 0.25) is 0 Å². The molecule has 0 aliphatic carbocycles. The Hall–Kier alpha value is -1.27. The van der Waals surface area contributed by atoms with E-state index in [-0.39, 0.29) is 12.4 Å². The number of benzene rings is 2. The molecular weight excluding hydrogens is 421 g/mol. The molecule has 5 heteroatoms. The van der Waals surface area contributed by atoms with E-state index in [4.69, 9.17) is 0 Å². The highest BCUT2D eigenvalue weighted by Crippen LogP contribution is 2.37. The van der Waals surface area contributed by atoms with Gasteiger partial charge in [0.25, 0.3) is 0 Å². The van der Waals surface area contributed by atoms with Crippen molar-refractivity contribution in [2.45, 2.75) is 52.7 Å². The standard InChI is InChI=1S/C19H23BrFNO2.2C2H6/c1-22(2)11-3-10-19(24,15-4-7-17(21)8-5-15)18-9-6-16(20)12-14(18)13-23;2*1-2/h4-9,12,23-24H,3,10-11,13H2,1-2H3;2*1-2H3/t19-;;/m0../s1. The van der Waals surface area contributed by atoms with Crippen LogP contribution in [0.3, 0.4) is 0 Å². The van der Waals surface area contributed by atoms with Crippen molar-refractivity contribution in [3.63, 3.8) is 0 Å². The predicted molar refractivity (Wildman–Crippen MR) is 120 cm³/mol. The smallest absolute Gasteiger partial charge is 0.123 e. The SMILES string of the molecule is CC.CC.CN(C)CCC[C@](O)(c1ccc(F)cc1)c1ccc(Br)cc1CO. The van der Waals surface area contributed by atoms with Crippen LogP contribution in [-0.4, -0.2) is 35.8 Å². The monoisotopic (exact) mass is 455 g/mol. The number of aliphatic hydroxyl groups excluding tert-OH is 1. The van der Waals surface area contributed by atoms with Crippen LogP contribution in [0.5, 0.6) is 0 Å². The van der Waals surface area contributed by atoms with Gasteiger partial charge in [0.1, 0.15) is 11.4 Å². The van der Waals surface area contributed by atoms with Crippen LogP contribution in [-0.2, 0) is 12.2 Å². The molecule has 0 bridgehead atoms. The molecule has 0 unspecified atom stereocenters. The van der Waals surface area contributed by atoms with Gasteiger partial charge in [-0.2, -0.15) is 0 Å². The summed E-state index contributed by atoms with van der Waals surface area (Å²) in [5.74, 6) is -0.340. The van der Waals surface area contributed by atoms with Crippen molar-refractivity contribution in [3.05, 3.63) is 69.4 Å². The number of halogens is 2. The van der Waals surface area contributed by atoms with E-state index < -0.39 is 5.60 Å². The van der Waals surface area contributed by atoms with E-state index in [1.165, 1.54) is 12.1 Å². The molecule has 0 saturated carbocycles. The first-order valence-corrected chi connectivity index (χ1v) is 10.7. The number of rotatable bonds is 7. The van der Waals surface area contributed by atoms with Gasteiger partial charge in [-0.25, -0.2) is 4.39 Å². The molecule has 2 N–H and O–H groups in total. The third-order valence-corrected chi connectivity index (χ3v) is 4.64. The van der Waals surface area contributed by atoms with Crippen LogP contribution in [0.1, 0.15) is 57.2 Å². The molecule has 2 aromatic carbocycles. The van der Waals surface area contributed by atoms with Gasteiger partial charge in [0.15, 0.2) is 0 Å². The van der Waals surface area contributed by atoms with Crippen LogP contribution in [0.15, 0.2) is 46.9 Å². The van der Waals surface area contributed by atoms with Gasteiger partial charge in [-0.15, -0.1) is 0 Å². The Kier molecular flexibility index (Phi) is 13.2. The fraction of sp³-hybridized carbons (Fsp3) is 0.478. The zero-order valence-electron chi connectivity index (χ0n) is 18.0. The van der Waals surface area contributed by atoms with Gasteiger partial charge >= 0.3 is 0 Å². The van der Waals surface area contributed by atoms with Crippen LogP contribution in [0.4, 0.5) is 4.39 Å². The summed E-state index contributed by atoms with van der Waals surface area (Å²) in [7, 11) is 3.96. The summed E-state index contributed by atoms with van der Waals surface area (Å²) >= 11 is 3.39. The van der Waals surface area contributed by atoms with Crippen LogP contribution in [0, 0.1) is 5.82 Å². The molecule has 0 saturated heterocycles. The van der Waals surface area contributed by atoms with E-state index >= 15 is 0 Å². The van der Waals surface area contributed by atoms with Gasteiger partial charge in [0, 0.05) is 4.47 Å². The van der Waals surface area contributed by atoms with E-state index in [2.05, 4.69) is 20.8 Å². The number of hydrogen-bond donors (Lipinski definition) is 2. The van der Waals surface area contributed by atoms with Crippen LogP contribution >= 0.6 is 15.9 Å². The largest absolute Gasteiger partial charge is 0.392 e. The van der Waals surface area contributed by atoms with Crippen molar-refractivity contribution in [2.24, 2.45) is 0 Å². The summed E-state index contributed by atoms with van der Waals surface area (Å²) in [6.45, 7) is 8.65. The van der Waals surface area contributed by atoms with Gasteiger partial charge < -0.3 is 15.1 Å². The molecule has 0 aliphatic heterocycles. The average Bonchev–Trinajstić information content (AvgIpc) is 2.71. The van der Waals surface area contributed by atoms with E-state index in [1.54, 1.807) is 18.2 Å². The highest BCUT2D eigenvalue weighted by atomic mass is 79.9. The van der Waals surface area contributed by atoms with E-state index in [9.17, 15) is 14.6 Å². The average molecular weight is 456 g/mol. The molecule has 0 spiro atoms. The highest BCUT2D eigenvalue weighted by Gasteiger charge is 2.33. The fourth-order valence-corrected chi connectivity index (χ4v) is 3.32. The molecule has 0 aliphatic rings. The lowest BCUT2D eigenvalue weighted by atomic mass is 9.80. The summed E-state index contributed by atoms with van der Waals surface area (Å²) in [4.78, 5) is 2.06. The fourth-order valence-electron chi connectivity index (χ4n) is 2.91. The zero-order valence-corrected chi connectivity index (χ0v) is 19.6. The summed E-state index contributed by atoms with van der Waals surface area (Å²) in [6, 6.07) is 11.4. The lowest BCUT2D eigenvalue weighted by molar-refractivity contribution is 0.0640. The second-order valence-electron chi connectivity index (χ2n) is 6.23. The number of nitrogens with zero attached hydrogens (tertiary/aromatic N) is 1. The summed E-state index contributed by atoms with van der Waals surface area (Å²) in [6.07, 6.45) is 1.24. The highest BCUT2D eigenvalue weighted by molar-refractivity contribution is 9.10. The van der Waals surface area contributed by atoms with Crippen LogP contribution in [0.25, 0.3) is 0 Å². The lowest BCUT2D eigenvalue weighted by Crippen LogP contribution is -2.30. The van der Waals surface area contributed by atoms with Crippen molar-refractivity contribution in [1.82, 2.24) is 4.90 Å². The normalized spacial score (nSPS) is 12.4. The van der Waals surface area contributed by atoms with E-state index in [0.29, 0.717) is 23.1 Å². The van der Waals surface area contributed by atoms with E-state index in [1.807, 2.05) is 53.9 Å². The second kappa shape index (κ2) is 13.8. The Morgan fingerprint density at radius 3 is 2.07 bits per heavy atom. The van der Waals surface area contributed by atoms with Crippen molar-refractivity contribution in [1.29, 1.82) is 0 Å². The Bertz CT molecular complexity index is 677. The summed E-state index contributed by atoms with van der Waals surface area (Å²) in [5.41, 5.74) is 0.655. The molecule has 2 rings (SSSR count). The van der Waals surface area contributed by atoms with Gasteiger partial charge in [-0.1, -0.05) is 61.8 Å². The maximum absolute atomic E-state index is 13.3. The molecule has 28 heavy (non-hydrogen) atoms. The number of hydrogen-bond acceptors (Lipinski definition) is 3. The first kappa shape index (κ1) is 26.7. The minimum atomic E-state index is -1.28. The van der Waals surface area contributed by atoms with Gasteiger partial charge in [-0.05, 0) is 74.4 Å². The van der Waals surface area contributed by atoms with Crippen molar-refractivity contribution in [3.8, 4) is 0 Å². The molecule has 0 aromatic heterocycles. The molecule has 0 radical (unpaired) electrons. The molecule has 0 heterocycles. The Labute approximate surface area is 178 Å². The molecular formula is C23H35BrFNO2. The lowest BCUT2D eigenvalue weighted by Gasteiger charge is -2.32. The third kappa shape index (κ3) is 7.63. The predicted octanol–water partition coefficient (Wildman–Crippen LogP) is 5.71. The van der Waals surface area contributed by atoms with Gasteiger partial charge in [-0.3, -0.25) is 0 Å². The molecule has 158 valence electrons.